The summed E-state index contributed by atoms with van der Waals surface area (Å²) in [5, 5.41) is 2.59. The normalized spacial score (nSPS) is 12.9. The van der Waals surface area contributed by atoms with Gasteiger partial charge in [0.25, 0.3) is 0 Å². The fourth-order valence-corrected chi connectivity index (χ4v) is 1.34. The van der Waals surface area contributed by atoms with Crippen molar-refractivity contribution in [1.29, 1.82) is 0 Å². The molecule has 0 fully saturated rings. The van der Waals surface area contributed by atoms with Gasteiger partial charge < -0.3 is 15.8 Å². The van der Waals surface area contributed by atoms with Crippen LogP contribution in [0.1, 0.15) is 18.5 Å². The number of benzene rings is 1. The molecule has 0 saturated heterocycles. The quantitative estimate of drug-likeness (QED) is 0.868. The smallest absolute Gasteiger partial charge is 0.406 e. The van der Waals surface area contributed by atoms with Crippen LogP contribution >= 0.6 is 0 Å². The molecule has 0 radical (unpaired) electrons. The van der Waals surface area contributed by atoms with Gasteiger partial charge in [-0.15, -0.1) is 13.2 Å². The lowest BCUT2D eigenvalue weighted by Crippen LogP contribution is -2.32. The fraction of sp³-hybridized carbons (Fsp3) is 0.364. The predicted molar refractivity (Wildman–Crippen MR) is 58.7 cm³/mol. The first-order chi connectivity index (χ1) is 8.31. The van der Waals surface area contributed by atoms with Crippen molar-refractivity contribution in [3.63, 3.8) is 0 Å². The number of hydrogen-bond donors (Lipinski definition) is 2. The Balaban J connectivity index is 2.67. The molecule has 0 heterocycles. The highest BCUT2D eigenvalue weighted by molar-refractivity contribution is 5.78. The second-order valence-corrected chi connectivity index (χ2v) is 3.61. The molecular formula is C11H13F3N2O2. The average Bonchev–Trinajstić information content (AvgIpc) is 2.27. The predicted octanol–water partition coefficient (Wildman–Crippen LogP) is 1.72. The van der Waals surface area contributed by atoms with Gasteiger partial charge in [-0.05, 0) is 24.6 Å². The number of carbonyl (C=O) groups excluding carboxylic acids is 1. The number of alkyl halides is 3. The van der Waals surface area contributed by atoms with E-state index in [1.54, 1.807) is 6.92 Å². The fourth-order valence-electron chi connectivity index (χ4n) is 1.34. The molecule has 100 valence electrons. The van der Waals surface area contributed by atoms with Crippen molar-refractivity contribution in [1.82, 2.24) is 5.32 Å². The zero-order valence-electron chi connectivity index (χ0n) is 9.62. The summed E-state index contributed by atoms with van der Waals surface area (Å²) >= 11 is 0. The zero-order chi connectivity index (χ0) is 13.8. The highest BCUT2D eigenvalue weighted by Gasteiger charge is 2.31. The number of ether oxygens (including phenoxy) is 1. The van der Waals surface area contributed by atoms with Crippen LogP contribution < -0.4 is 15.8 Å². The minimum atomic E-state index is -4.71. The SMILES string of the molecule is C[C@H](NC(=O)CN)c1ccc(OC(F)(F)F)cc1. The van der Waals surface area contributed by atoms with E-state index in [9.17, 15) is 18.0 Å². The Morgan fingerprint density at radius 3 is 2.39 bits per heavy atom. The number of hydrogen-bond acceptors (Lipinski definition) is 3. The van der Waals surface area contributed by atoms with Gasteiger partial charge in [0.1, 0.15) is 5.75 Å². The van der Waals surface area contributed by atoms with E-state index in [1.165, 1.54) is 24.3 Å². The summed E-state index contributed by atoms with van der Waals surface area (Å²) in [5.41, 5.74) is 5.79. The third kappa shape index (κ3) is 4.62. The largest absolute Gasteiger partial charge is 0.573 e. The number of carbonyl (C=O) groups is 1. The summed E-state index contributed by atoms with van der Waals surface area (Å²) in [7, 11) is 0. The van der Waals surface area contributed by atoms with Gasteiger partial charge in [-0.1, -0.05) is 12.1 Å². The highest BCUT2D eigenvalue weighted by Crippen LogP contribution is 2.24. The van der Waals surface area contributed by atoms with E-state index in [0.717, 1.165) is 0 Å². The number of nitrogens with two attached hydrogens (primary N) is 1. The van der Waals surface area contributed by atoms with Gasteiger partial charge in [0.15, 0.2) is 0 Å². The number of nitrogens with one attached hydrogen (secondary N) is 1. The van der Waals surface area contributed by atoms with E-state index in [1.807, 2.05) is 0 Å². The zero-order valence-corrected chi connectivity index (χ0v) is 9.62. The molecule has 0 aliphatic carbocycles. The van der Waals surface area contributed by atoms with Crippen LogP contribution in [-0.2, 0) is 4.79 Å². The second kappa shape index (κ2) is 5.72. The summed E-state index contributed by atoms with van der Waals surface area (Å²) in [6.45, 7) is 1.56. The maximum Gasteiger partial charge on any atom is 0.573 e. The molecule has 0 spiro atoms. The van der Waals surface area contributed by atoms with Gasteiger partial charge >= 0.3 is 6.36 Å². The van der Waals surface area contributed by atoms with Crippen molar-refractivity contribution in [3.05, 3.63) is 29.8 Å². The van der Waals surface area contributed by atoms with Crippen LogP contribution in [0.3, 0.4) is 0 Å². The molecule has 1 amide bonds. The number of amides is 1. The van der Waals surface area contributed by atoms with Gasteiger partial charge in [-0.25, -0.2) is 0 Å². The van der Waals surface area contributed by atoms with Gasteiger partial charge in [0.2, 0.25) is 5.91 Å². The van der Waals surface area contributed by atoms with Crippen LogP contribution in [0.15, 0.2) is 24.3 Å². The van der Waals surface area contributed by atoms with E-state index in [0.29, 0.717) is 5.56 Å². The lowest BCUT2D eigenvalue weighted by molar-refractivity contribution is -0.274. The molecule has 1 atom stereocenters. The molecular weight excluding hydrogens is 249 g/mol. The third-order valence-electron chi connectivity index (χ3n) is 2.18. The third-order valence-corrected chi connectivity index (χ3v) is 2.18. The standard InChI is InChI=1S/C11H13F3N2O2/c1-7(16-10(17)6-15)8-2-4-9(5-3-8)18-11(12,13)14/h2-5,7H,6,15H2,1H3,(H,16,17)/t7-/m0/s1. The first kappa shape index (κ1) is 14.3. The first-order valence-electron chi connectivity index (χ1n) is 5.17. The maximum atomic E-state index is 11.9. The van der Waals surface area contributed by atoms with Crippen LogP contribution in [0, 0.1) is 0 Å². The van der Waals surface area contributed by atoms with E-state index >= 15 is 0 Å². The average molecular weight is 262 g/mol. The Bertz CT molecular complexity index is 404. The maximum absolute atomic E-state index is 11.9. The lowest BCUT2D eigenvalue weighted by Gasteiger charge is -2.14. The molecule has 0 aromatic heterocycles. The van der Waals surface area contributed by atoms with Crippen molar-refractivity contribution < 1.29 is 22.7 Å². The molecule has 1 aromatic rings. The molecule has 1 rings (SSSR count). The van der Waals surface area contributed by atoms with Crippen LogP contribution in [0.25, 0.3) is 0 Å². The Hall–Kier alpha value is -1.76. The Morgan fingerprint density at radius 2 is 1.94 bits per heavy atom. The molecule has 18 heavy (non-hydrogen) atoms. The van der Waals surface area contributed by atoms with E-state index in [2.05, 4.69) is 10.1 Å². The van der Waals surface area contributed by atoms with Crippen molar-refractivity contribution in [2.24, 2.45) is 5.73 Å². The summed E-state index contributed by atoms with van der Waals surface area (Å²) in [4.78, 5) is 11.0. The first-order valence-corrected chi connectivity index (χ1v) is 5.17. The van der Waals surface area contributed by atoms with Crippen LogP contribution in [0.2, 0.25) is 0 Å². The summed E-state index contributed by atoms with van der Waals surface area (Å²) in [6.07, 6.45) is -4.71. The Kier molecular flexibility index (Phi) is 4.55. The van der Waals surface area contributed by atoms with Gasteiger partial charge in [0.05, 0.1) is 12.6 Å². The molecule has 0 unspecified atom stereocenters. The molecule has 0 aliphatic heterocycles. The summed E-state index contributed by atoms with van der Waals surface area (Å²) < 4.78 is 39.5. The number of rotatable bonds is 4. The van der Waals surface area contributed by atoms with Crippen LogP contribution in [-0.4, -0.2) is 18.8 Å². The molecule has 3 N–H and O–H groups in total. The van der Waals surface area contributed by atoms with Gasteiger partial charge in [-0.3, -0.25) is 4.79 Å². The van der Waals surface area contributed by atoms with Crippen LogP contribution in [0.4, 0.5) is 13.2 Å². The minimum absolute atomic E-state index is 0.139. The van der Waals surface area contributed by atoms with Gasteiger partial charge in [0, 0.05) is 0 Å². The topological polar surface area (TPSA) is 64.4 Å². The Labute approximate surface area is 102 Å². The minimum Gasteiger partial charge on any atom is -0.406 e. The van der Waals surface area contributed by atoms with E-state index in [-0.39, 0.29) is 24.2 Å². The van der Waals surface area contributed by atoms with E-state index in [4.69, 9.17) is 5.73 Å². The van der Waals surface area contributed by atoms with E-state index < -0.39 is 6.36 Å². The Morgan fingerprint density at radius 1 is 1.39 bits per heavy atom. The van der Waals surface area contributed by atoms with Crippen molar-refractivity contribution in [2.75, 3.05) is 6.54 Å². The lowest BCUT2D eigenvalue weighted by atomic mass is 10.1. The summed E-state index contributed by atoms with van der Waals surface area (Å²) in [6, 6.07) is 4.94. The summed E-state index contributed by atoms with van der Waals surface area (Å²) in [5.74, 6) is -0.637. The molecule has 7 heteroatoms. The monoisotopic (exact) mass is 262 g/mol. The van der Waals surface area contributed by atoms with Gasteiger partial charge in [-0.2, -0.15) is 0 Å². The van der Waals surface area contributed by atoms with Crippen LogP contribution in [0.5, 0.6) is 5.75 Å². The molecule has 0 bridgehead atoms. The molecule has 0 aliphatic rings. The van der Waals surface area contributed by atoms with Crippen molar-refractivity contribution in [2.45, 2.75) is 19.3 Å². The van der Waals surface area contributed by atoms with Crippen molar-refractivity contribution in [3.8, 4) is 5.75 Å². The second-order valence-electron chi connectivity index (χ2n) is 3.61. The number of halogens is 3. The molecule has 1 aromatic carbocycles. The highest BCUT2D eigenvalue weighted by atomic mass is 19.4. The molecule has 0 saturated carbocycles. The molecule has 4 nitrogen and oxygen atoms in total. The van der Waals surface area contributed by atoms with Crippen molar-refractivity contribution >= 4 is 5.91 Å².